The summed E-state index contributed by atoms with van der Waals surface area (Å²) in [6, 6.07) is 9.61. The summed E-state index contributed by atoms with van der Waals surface area (Å²) in [6.07, 6.45) is 0.118. The number of nitrogens with one attached hydrogen (secondary N) is 2. The summed E-state index contributed by atoms with van der Waals surface area (Å²) in [5.41, 5.74) is 5.82. The van der Waals surface area contributed by atoms with Crippen molar-refractivity contribution < 1.29 is 27.9 Å². The van der Waals surface area contributed by atoms with Gasteiger partial charge in [-0.3, -0.25) is 4.79 Å². The van der Waals surface area contributed by atoms with Gasteiger partial charge in [0.1, 0.15) is 6.04 Å². The van der Waals surface area contributed by atoms with Gasteiger partial charge in [-0.1, -0.05) is 30.3 Å². The maximum atomic E-state index is 13.1. The molecule has 0 saturated heterocycles. The maximum Gasteiger partial charge on any atom is 0.329 e. The van der Waals surface area contributed by atoms with Crippen molar-refractivity contribution in [2.45, 2.75) is 12.5 Å². The first kappa shape index (κ1) is 19.8. The molecule has 7 nitrogen and oxygen atoms in total. The third-order valence-electron chi connectivity index (χ3n) is 3.43. The van der Waals surface area contributed by atoms with Crippen molar-refractivity contribution in [2.75, 3.05) is 11.9 Å². The molecule has 0 bridgehead atoms. The van der Waals surface area contributed by atoms with E-state index >= 15 is 0 Å². The topological polar surface area (TPSA) is 111 Å². The Morgan fingerprint density at radius 3 is 2.37 bits per heavy atom. The van der Waals surface area contributed by atoms with E-state index < -0.39 is 42.2 Å². The fourth-order valence-corrected chi connectivity index (χ4v) is 2.22. The molecule has 0 heterocycles. The first-order valence-electron chi connectivity index (χ1n) is 7.86. The standard InChI is InChI=1S/C18H17F2N3O4/c19-13-7-6-12(9-14(13)20)22-16(24)10-27-17(25)15(23-18(21)26)8-11-4-2-1-3-5-11/h1-7,9,15H,8,10H2,(H,22,24)(H3,21,23,26)/t15-/m0/s1. The molecular weight excluding hydrogens is 360 g/mol. The highest BCUT2D eigenvalue weighted by Crippen LogP contribution is 2.13. The molecule has 0 spiro atoms. The Hall–Kier alpha value is -3.49. The number of esters is 1. The molecule has 0 aliphatic heterocycles. The van der Waals surface area contributed by atoms with E-state index in [0.29, 0.717) is 0 Å². The molecule has 142 valence electrons. The molecule has 9 heteroatoms. The van der Waals surface area contributed by atoms with E-state index in [-0.39, 0.29) is 12.1 Å². The molecule has 0 aromatic heterocycles. The third kappa shape index (κ3) is 6.38. The summed E-state index contributed by atoms with van der Waals surface area (Å²) in [5.74, 6) is -3.80. The monoisotopic (exact) mass is 377 g/mol. The van der Waals surface area contributed by atoms with Gasteiger partial charge in [-0.2, -0.15) is 0 Å². The number of urea groups is 1. The summed E-state index contributed by atoms with van der Waals surface area (Å²) < 4.78 is 30.9. The molecule has 2 aromatic carbocycles. The molecule has 0 radical (unpaired) electrons. The summed E-state index contributed by atoms with van der Waals surface area (Å²) in [5, 5.41) is 4.52. The molecule has 1 atom stereocenters. The zero-order valence-electron chi connectivity index (χ0n) is 14.1. The fraction of sp³-hybridized carbons (Fsp3) is 0.167. The quantitative estimate of drug-likeness (QED) is 0.638. The van der Waals surface area contributed by atoms with Crippen LogP contribution >= 0.6 is 0 Å². The summed E-state index contributed by atoms with van der Waals surface area (Å²) >= 11 is 0. The van der Waals surface area contributed by atoms with Gasteiger partial charge < -0.3 is 21.1 Å². The number of hydrogen-bond donors (Lipinski definition) is 3. The van der Waals surface area contributed by atoms with Crippen LogP contribution in [0.1, 0.15) is 5.56 Å². The maximum absolute atomic E-state index is 13.1. The van der Waals surface area contributed by atoms with Crippen LogP contribution in [0, 0.1) is 11.6 Å². The molecule has 2 aromatic rings. The van der Waals surface area contributed by atoms with Gasteiger partial charge >= 0.3 is 12.0 Å². The Morgan fingerprint density at radius 2 is 1.74 bits per heavy atom. The number of carbonyl (C=O) groups is 3. The molecular formula is C18H17F2N3O4. The zero-order chi connectivity index (χ0) is 19.8. The Kier molecular flexibility index (Phi) is 6.81. The molecule has 0 aliphatic rings. The molecule has 0 unspecified atom stereocenters. The summed E-state index contributed by atoms with van der Waals surface area (Å²) in [7, 11) is 0. The first-order chi connectivity index (χ1) is 12.8. The lowest BCUT2D eigenvalue weighted by Crippen LogP contribution is -2.46. The smallest absolute Gasteiger partial charge is 0.329 e. The molecule has 0 saturated carbocycles. The third-order valence-corrected chi connectivity index (χ3v) is 3.43. The lowest BCUT2D eigenvalue weighted by Gasteiger charge is -2.16. The van der Waals surface area contributed by atoms with Gasteiger partial charge in [0.05, 0.1) is 0 Å². The van der Waals surface area contributed by atoms with Gasteiger partial charge in [0.15, 0.2) is 18.2 Å². The SMILES string of the molecule is NC(=O)N[C@@H](Cc1ccccc1)C(=O)OCC(=O)Nc1ccc(F)c(F)c1. The van der Waals surface area contributed by atoms with Crippen molar-refractivity contribution in [2.24, 2.45) is 5.73 Å². The minimum Gasteiger partial charge on any atom is -0.454 e. The second-order valence-electron chi connectivity index (χ2n) is 5.54. The van der Waals surface area contributed by atoms with Crippen molar-refractivity contribution >= 4 is 23.6 Å². The minimum atomic E-state index is -1.13. The minimum absolute atomic E-state index is 0.00560. The number of hydrogen-bond acceptors (Lipinski definition) is 4. The highest BCUT2D eigenvalue weighted by atomic mass is 19.2. The van der Waals surface area contributed by atoms with E-state index in [0.717, 1.165) is 23.8 Å². The predicted molar refractivity (Wildman–Crippen MR) is 92.6 cm³/mol. The van der Waals surface area contributed by atoms with Crippen LogP contribution in [0.2, 0.25) is 0 Å². The lowest BCUT2D eigenvalue weighted by atomic mass is 10.1. The van der Waals surface area contributed by atoms with Crippen LogP contribution in [-0.4, -0.2) is 30.6 Å². The number of rotatable bonds is 7. The Labute approximate surface area is 153 Å². The lowest BCUT2D eigenvalue weighted by molar-refractivity contribution is -0.149. The van der Waals surface area contributed by atoms with Crippen LogP contribution in [-0.2, 0) is 20.7 Å². The van der Waals surface area contributed by atoms with Crippen molar-refractivity contribution in [3.05, 3.63) is 65.7 Å². The summed E-state index contributed by atoms with van der Waals surface area (Å²) in [6.45, 7) is -0.677. The molecule has 27 heavy (non-hydrogen) atoms. The Morgan fingerprint density at radius 1 is 1.04 bits per heavy atom. The van der Waals surface area contributed by atoms with Crippen LogP contribution < -0.4 is 16.4 Å². The average molecular weight is 377 g/mol. The Bertz CT molecular complexity index is 831. The fourth-order valence-electron chi connectivity index (χ4n) is 2.22. The van der Waals surface area contributed by atoms with E-state index in [1.807, 2.05) is 0 Å². The molecule has 2 rings (SSSR count). The van der Waals surface area contributed by atoms with Crippen molar-refractivity contribution in [3.63, 3.8) is 0 Å². The highest BCUT2D eigenvalue weighted by molar-refractivity contribution is 5.93. The average Bonchev–Trinajstić information content (AvgIpc) is 2.63. The number of ether oxygens (including phenoxy) is 1. The van der Waals surface area contributed by atoms with E-state index in [1.165, 1.54) is 0 Å². The van der Waals surface area contributed by atoms with Crippen LogP contribution in [0.3, 0.4) is 0 Å². The van der Waals surface area contributed by atoms with Crippen molar-refractivity contribution in [1.29, 1.82) is 0 Å². The van der Waals surface area contributed by atoms with E-state index in [4.69, 9.17) is 10.5 Å². The van der Waals surface area contributed by atoms with Crippen LogP contribution in [0.4, 0.5) is 19.3 Å². The largest absolute Gasteiger partial charge is 0.454 e. The highest BCUT2D eigenvalue weighted by Gasteiger charge is 2.22. The van der Waals surface area contributed by atoms with Crippen molar-refractivity contribution in [1.82, 2.24) is 5.32 Å². The number of carbonyl (C=O) groups excluding carboxylic acids is 3. The van der Waals surface area contributed by atoms with Gasteiger partial charge in [0.25, 0.3) is 5.91 Å². The van der Waals surface area contributed by atoms with Gasteiger partial charge in [-0.15, -0.1) is 0 Å². The van der Waals surface area contributed by atoms with Crippen LogP contribution in [0.25, 0.3) is 0 Å². The molecule has 0 aliphatic carbocycles. The van der Waals surface area contributed by atoms with E-state index in [9.17, 15) is 23.2 Å². The van der Waals surface area contributed by atoms with Crippen LogP contribution in [0.5, 0.6) is 0 Å². The van der Waals surface area contributed by atoms with Gasteiger partial charge in [0.2, 0.25) is 0 Å². The second-order valence-corrected chi connectivity index (χ2v) is 5.54. The molecule has 4 N–H and O–H groups in total. The van der Waals surface area contributed by atoms with E-state index in [2.05, 4.69) is 10.6 Å². The van der Waals surface area contributed by atoms with Crippen molar-refractivity contribution in [3.8, 4) is 0 Å². The van der Waals surface area contributed by atoms with Gasteiger partial charge in [-0.25, -0.2) is 18.4 Å². The number of benzene rings is 2. The summed E-state index contributed by atoms with van der Waals surface area (Å²) in [4.78, 5) is 35.1. The zero-order valence-corrected chi connectivity index (χ0v) is 14.1. The van der Waals surface area contributed by atoms with Gasteiger partial charge in [-0.05, 0) is 17.7 Å². The second kappa shape index (κ2) is 9.27. The Balaban J connectivity index is 1.92. The van der Waals surface area contributed by atoms with Gasteiger partial charge in [0, 0.05) is 18.2 Å². The van der Waals surface area contributed by atoms with E-state index in [1.54, 1.807) is 30.3 Å². The molecule has 0 fully saturated rings. The number of nitrogens with two attached hydrogens (primary N) is 1. The molecule has 3 amide bonds. The van der Waals surface area contributed by atoms with Crippen LogP contribution in [0.15, 0.2) is 48.5 Å². The first-order valence-corrected chi connectivity index (χ1v) is 7.86. The number of primary amides is 1. The number of halogens is 2. The number of anilines is 1. The predicted octanol–water partition coefficient (Wildman–Crippen LogP) is 1.73. The number of amides is 3. The normalized spacial score (nSPS) is 11.3.